The summed E-state index contributed by atoms with van der Waals surface area (Å²) in [5.74, 6) is 1.31. The zero-order valence-corrected chi connectivity index (χ0v) is 15.1. The monoisotopic (exact) mass is 358 g/mol. The summed E-state index contributed by atoms with van der Waals surface area (Å²) in [7, 11) is 1.68. The maximum atomic E-state index is 6.49. The lowest BCUT2D eigenvalue weighted by Crippen LogP contribution is -2.13. The van der Waals surface area contributed by atoms with Gasteiger partial charge in [-0.3, -0.25) is 5.10 Å². The summed E-state index contributed by atoms with van der Waals surface area (Å²) >= 11 is 0. The Hall–Kier alpha value is -3.31. The van der Waals surface area contributed by atoms with Crippen molar-refractivity contribution in [3.05, 3.63) is 77.9 Å². The van der Waals surface area contributed by atoms with Crippen molar-refractivity contribution >= 4 is 16.7 Å². The van der Waals surface area contributed by atoms with Gasteiger partial charge in [0.1, 0.15) is 5.75 Å². The van der Waals surface area contributed by atoms with Crippen molar-refractivity contribution in [3.8, 4) is 16.9 Å². The molecule has 0 aliphatic rings. The highest BCUT2D eigenvalue weighted by Gasteiger charge is 2.13. The van der Waals surface area contributed by atoms with Crippen molar-refractivity contribution in [2.24, 2.45) is 5.73 Å². The number of nitrogens with two attached hydrogens (primary N) is 2. The maximum Gasteiger partial charge on any atom is 0.153 e. The van der Waals surface area contributed by atoms with Gasteiger partial charge >= 0.3 is 0 Å². The lowest BCUT2D eigenvalue weighted by atomic mass is 9.95. The molecule has 0 saturated carbocycles. The Kier molecular flexibility index (Phi) is 4.52. The fraction of sp³-hybridized carbons (Fsp3) is 0.136. The van der Waals surface area contributed by atoms with Gasteiger partial charge in [-0.2, -0.15) is 5.10 Å². The van der Waals surface area contributed by atoms with Gasteiger partial charge in [0.05, 0.1) is 12.6 Å². The summed E-state index contributed by atoms with van der Waals surface area (Å²) in [5.41, 5.74) is 17.6. The van der Waals surface area contributed by atoms with E-state index in [0.717, 1.165) is 39.8 Å². The molecule has 0 spiro atoms. The number of nitrogens with one attached hydrogen (secondary N) is 1. The van der Waals surface area contributed by atoms with Crippen molar-refractivity contribution in [2.75, 3.05) is 12.8 Å². The van der Waals surface area contributed by atoms with Crippen LogP contribution in [-0.4, -0.2) is 17.3 Å². The largest absolute Gasteiger partial charge is 0.496 e. The fourth-order valence-corrected chi connectivity index (χ4v) is 3.38. The van der Waals surface area contributed by atoms with E-state index in [9.17, 15) is 0 Å². The molecule has 1 heterocycles. The number of methoxy groups -OCH3 is 1. The zero-order chi connectivity index (χ0) is 18.8. The third-order valence-electron chi connectivity index (χ3n) is 4.85. The molecule has 0 radical (unpaired) electrons. The molecule has 4 aromatic rings. The van der Waals surface area contributed by atoms with Crippen LogP contribution in [0.4, 0.5) is 5.82 Å². The van der Waals surface area contributed by atoms with Gasteiger partial charge in [-0.15, -0.1) is 0 Å². The van der Waals surface area contributed by atoms with Crippen LogP contribution in [0.3, 0.4) is 0 Å². The molecule has 4 rings (SSSR count). The van der Waals surface area contributed by atoms with Crippen LogP contribution in [0, 0.1) is 0 Å². The number of H-pyrrole nitrogens is 1. The molecule has 1 aromatic heterocycles. The van der Waals surface area contributed by atoms with E-state index < -0.39 is 0 Å². The molecule has 1 atom stereocenters. The summed E-state index contributed by atoms with van der Waals surface area (Å²) < 4.78 is 5.58. The van der Waals surface area contributed by atoms with Gasteiger partial charge in [0.2, 0.25) is 0 Å². The van der Waals surface area contributed by atoms with E-state index >= 15 is 0 Å². The Morgan fingerprint density at radius 1 is 1.04 bits per heavy atom. The Morgan fingerprint density at radius 3 is 2.63 bits per heavy atom. The quantitative estimate of drug-likeness (QED) is 0.502. The minimum absolute atomic E-state index is 0.0939. The standard InChI is InChI=1S/C22H22N4O/c1-27-21-10-8-16(19(23)11-14-5-3-2-4-6-14)12-18(21)15-7-9-17-20(13-15)25-26-22(17)24/h2-10,12-13,19H,11,23H2,1H3,(H3,24,25,26). The number of nitrogen functional groups attached to an aromatic ring is 1. The van der Waals surface area contributed by atoms with Crippen LogP contribution in [0.1, 0.15) is 17.2 Å². The summed E-state index contributed by atoms with van der Waals surface area (Å²) in [5, 5.41) is 7.94. The number of nitrogens with zero attached hydrogens (tertiary/aromatic N) is 1. The smallest absolute Gasteiger partial charge is 0.153 e. The molecule has 0 fully saturated rings. The predicted octanol–water partition coefficient (Wildman–Crippen LogP) is 4.06. The molecule has 5 N–H and O–H groups in total. The van der Waals surface area contributed by atoms with Crippen LogP contribution in [0.15, 0.2) is 66.7 Å². The molecule has 27 heavy (non-hydrogen) atoms. The molecule has 5 heteroatoms. The summed E-state index contributed by atoms with van der Waals surface area (Å²) in [6.07, 6.45) is 0.780. The second-order valence-corrected chi connectivity index (χ2v) is 6.63. The number of ether oxygens (including phenoxy) is 1. The summed E-state index contributed by atoms with van der Waals surface area (Å²) in [6, 6.07) is 22.3. The second-order valence-electron chi connectivity index (χ2n) is 6.63. The van der Waals surface area contributed by atoms with Crippen LogP contribution in [-0.2, 0) is 6.42 Å². The number of hydrogen-bond donors (Lipinski definition) is 3. The van der Waals surface area contributed by atoms with E-state index in [4.69, 9.17) is 16.2 Å². The van der Waals surface area contributed by atoms with E-state index in [1.165, 1.54) is 5.56 Å². The minimum atomic E-state index is -0.0939. The number of aromatic nitrogens is 2. The van der Waals surface area contributed by atoms with Gasteiger partial charge in [-0.1, -0.05) is 42.5 Å². The van der Waals surface area contributed by atoms with Gasteiger partial charge < -0.3 is 16.2 Å². The molecule has 136 valence electrons. The fourth-order valence-electron chi connectivity index (χ4n) is 3.38. The minimum Gasteiger partial charge on any atom is -0.496 e. The van der Waals surface area contributed by atoms with Crippen LogP contribution < -0.4 is 16.2 Å². The Bertz CT molecular complexity index is 1070. The third kappa shape index (κ3) is 3.37. The average Bonchev–Trinajstić information content (AvgIpc) is 3.08. The molecule has 0 saturated heterocycles. The van der Waals surface area contributed by atoms with Gasteiger partial charge in [-0.05, 0) is 47.4 Å². The molecular weight excluding hydrogens is 336 g/mol. The molecule has 3 aromatic carbocycles. The molecular formula is C22H22N4O. The van der Waals surface area contributed by atoms with Crippen molar-refractivity contribution in [2.45, 2.75) is 12.5 Å². The third-order valence-corrected chi connectivity index (χ3v) is 4.85. The van der Waals surface area contributed by atoms with Crippen LogP contribution in [0.5, 0.6) is 5.75 Å². The molecule has 0 amide bonds. The van der Waals surface area contributed by atoms with Crippen molar-refractivity contribution in [3.63, 3.8) is 0 Å². The average molecular weight is 358 g/mol. The number of fused-ring (bicyclic) bond motifs is 1. The van der Waals surface area contributed by atoms with Gasteiger partial charge in [0.15, 0.2) is 5.82 Å². The van der Waals surface area contributed by atoms with E-state index in [0.29, 0.717) is 5.82 Å². The van der Waals surface area contributed by atoms with Crippen LogP contribution in [0.25, 0.3) is 22.0 Å². The molecule has 1 unspecified atom stereocenters. The Morgan fingerprint density at radius 2 is 1.85 bits per heavy atom. The van der Waals surface area contributed by atoms with Crippen LogP contribution in [0.2, 0.25) is 0 Å². The predicted molar refractivity (Wildman–Crippen MR) is 110 cm³/mol. The van der Waals surface area contributed by atoms with Crippen molar-refractivity contribution < 1.29 is 4.74 Å². The first-order valence-electron chi connectivity index (χ1n) is 8.87. The highest BCUT2D eigenvalue weighted by molar-refractivity contribution is 5.92. The van der Waals surface area contributed by atoms with Crippen molar-refractivity contribution in [1.29, 1.82) is 0 Å². The van der Waals surface area contributed by atoms with Gasteiger partial charge in [0.25, 0.3) is 0 Å². The number of aromatic amines is 1. The van der Waals surface area contributed by atoms with Crippen molar-refractivity contribution in [1.82, 2.24) is 10.2 Å². The highest BCUT2D eigenvalue weighted by Crippen LogP contribution is 2.34. The Balaban J connectivity index is 1.71. The number of hydrogen-bond acceptors (Lipinski definition) is 4. The number of benzene rings is 3. The SMILES string of the molecule is COc1ccc(C(N)Cc2ccccc2)cc1-c1ccc2c(N)n[nH]c2c1. The second kappa shape index (κ2) is 7.13. The summed E-state index contributed by atoms with van der Waals surface area (Å²) in [6.45, 7) is 0. The topological polar surface area (TPSA) is 89.9 Å². The van der Waals surface area contributed by atoms with E-state index in [1.807, 2.05) is 48.5 Å². The van der Waals surface area contributed by atoms with Gasteiger partial charge in [-0.25, -0.2) is 0 Å². The number of anilines is 1. The first-order valence-corrected chi connectivity index (χ1v) is 8.87. The molecule has 0 aliphatic carbocycles. The number of rotatable bonds is 5. The lowest BCUT2D eigenvalue weighted by molar-refractivity contribution is 0.416. The summed E-state index contributed by atoms with van der Waals surface area (Å²) in [4.78, 5) is 0. The van der Waals surface area contributed by atoms with E-state index in [2.05, 4.69) is 28.4 Å². The van der Waals surface area contributed by atoms with E-state index in [-0.39, 0.29) is 6.04 Å². The lowest BCUT2D eigenvalue weighted by Gasteiger charge is -2.16. The van der Waals surface area contributed by atoms with Crippen LogP contribution >= 0.6 is 0 Å². The molecule has 5 nitrogen and oxygen atoms in total. The first-order chi connectivity index (χ1) is 13.2. The van der Waals surface area contributed by atoms with Gasteiger partial charge in [0, 0.05) is 17.0 Å². The molecule has 0 aliphatic heterocycles. The maximum absolute atomic E-state index is 6.49. The normalized spacial score (nSPS) is 12.2. The first kappa shape index (κ1) is 17.1. The van der Waals surface area contributed by atoms with E-state index in [1.54, 1.807) is 7.11 Å². The zero-order valence-electron chi connectivity index (χ0n) is 15.1. The highest BCUT2D eigenvalue weighted by atomic mass is 16.5. The molecule has 0 bridgehead atoms. The Labute approximate surface area is 158 Å².